The smallest absolute Gasteiger partial charge is 0.235 e. The Kier molecular flexibility index (Phi) is 6.85. The van der Waals surface area contributed by atoms with Crippen molar-refractivity contribution in [2.24, 2.45) is 0 Å². The molecule has 0 aliphatic heterocycles. The van der Waals surface area contributed by atoms with E-state index >= 15 is 0 Å². The average molecular weight is 629 g/mol. The molecule has 3 heterocycles. The molecule has 0 bridgehead atoms. The van der Waals surface area contributed by atoms with Crippen LogP contribution in [0.1, 0.15) is 28.9 Å². The topological polar surface area (TPSA) is 35.6 Å². The summed E-state index contributed by atoms with van der Waals surface area (Å²) >= 11 is 0. The number of para-hydroxylation sites is 2. The highest BCUT2D eigenvalue weighted by Crippen LogP contribution is 2.39. The lowest BCUT2D eigenvalue weighted by Crippen LogP contribution is -2.06. The molecule has 5 aromatic carbocycles. The van der Waals surface area contributed by atoms with Crippen molar-refractivity contribution in [1.82, 2.24) is 19.1 Å². The number of benzene rings is 5. The number of nitrogens with zero attached hydrogens (tertiary/aromatic N) is 4. The van der Waals surface area contributed by atoms with Crippen molar-refractivity contribution in [2.45, 2.75) is 19.8 Å². The third-order valence-corrected chi connectivity index (χ3v) is 9.68. The van der Waals surface area contributed by atoms with Crippen molar-refractivity contribution >= 4 is 44.9 Å². The summed E-state index contributed by atoms with van der Waals surface area (Å²) in [6.45, 7) is 2.02. The van der Waals surface area contributed by atoms with Gasteiger partial charge >= 0.3 is 0 Å². The lowest BCUT2D eigenvalue weighted by molar-refractivity contribution is 0.888. The Hall–Kier alpha value is -6.44. The minimum atomic E-state index is 0.634. The number of hydrogen-bond donors (Lipinski definition) is 0. The molecule has 0 unspecified atom stereocenters. The van der Waals surface area contributed by atoms with Crippen LogP contribution < -0.4 is 0 Å². The number of rotatable bonds is 5. The molecule has 3 aromatic heterocycles. The fraction of sp³-hybridized carbons (Fsp3) is 0.0667. The Labute approximate surface area is 285 Å². The molecule has 8 aromatic rings. The molecule has 4 nitrogen and oxygen atoms in total. The summed E-state index contributed by atoms with van der Waals surface area (Å²) in [5, 5.41) is 3.61. The molecule has 0 saturated heterocycles. The summed E-state index contributed by atoms with van der Waals surface area (Å²) in [4.78, 5) is 10.3. The number of hydrogen-bond acceptors (Lipinski definition) is 2. The van der Waals surface area contributed by atoms with E-state index in [1.807, 2.05) is 31.2 Å². The zero-order chi connectivity index (χ0) is 32.9. The van der Waals surface area contributed by atoms with Gasteiger partial charge < -0.3 is 4.57 Å². The van der Waals surface area contributed by atoms with Gasteiger partial charge in [-0.05, 0) is 85.5 Å². The van der Waals surface area contributed by atoms with Crippen LogP contribution in [0.25, 0.3) is 78.9 Å². The van der Waals surface area contributed by atoms with Crippen LogP contribution in [-0.4, -0.2) is 19.1 Å². The van der Waals surface area contributed by atoms with E-state index in [0.29, 0.717) is 5.95 Å². The molecule has 0 radical (unpaired) electrons. The van der Waals surface area contributed by atoms with Crippen LogP contribution in [0, 0.1) is 19.3 Å². The lowest BCUT2D eigenvalue weighted by atomic mass is 9.98. The van der Waals surface area contributed by atoms with Gasteiger partial charge in [0.2, 0.25) is 5.95 Å². The predicted molar refractivity (Wildman–Crippen MR) is 204 cm³/mol. The van der Waals surface area contributed by atoms with E-state index in [4.69, 9.17) is 16.4 Å². The molecule has 232 valence electrons. The Morgan fingerprint density at radius 1 is 0.673 bits per heavy atom. The molecule has 1 aliphatic rings. The maximum Gasteiger partial charge on any atom is 0.235 e. The third kappa shape index (κ3) is 4.71. The van der Waals surface area contributed by atoms with Crippen LogP contribution in [-0.2, 0) is 6.42 Å². The Morgan fingerprint density at radius 2 is 1.35 bits per heavy atom. The van der Waals surface area contributed by atoms with Gasteiger partial charge in [-0.2, -0.15) is 0 Å². The fourth-order valence-corrected chi connectivity index (χ4v) is 7.46. The second kappa shape index (κ2) is 11.7. The molecule has 1 aliphatic carbocycles. The van der Waals surface area contributed by atoms with Gasteiger partial charge in [0.25, 0.3) is 0 Å². The van der Waals surface area contributed by atoms with Gasteiger partial charge in [0.05, 0.1) is 27.9 Å². The molecule has 9 rings (SSSR count). The van der Waals surface area contributed by atoms with Gasteiger partial charge in [0.15, 0.2) is 0 Å². The third-order valence-electron chi connectivity index (χ3n) is 9.68. The monoisotopic (exact) mass is 628 g/mol. The second-order valence-corrected chi connectivity index (χ2v) is 12.5. The lowest BCUT2D eigenvalue weighted by Gasteiger charge is -2.13. The van der Waals surface area contributed by atoms with Crippen molar-refractivity contribution in [2.75, 3.05) is 0 Å². The first-order chi connectivity index (χ1) is 24.2. The van der Waals surface area contributed by atoms with Crippen molar-refractivity contribution in [3.05, 3.63) is 156 Å². The highest BCUT2D eigenvalue weighted by molar-refractivity contribution is 6.10. The highest BCUT2D eigenvalue weighted by atomic mass is 15.2. The van der Waals surface area contributed by atoms with E-state index in [9.17, 15) is 0 Å². The van der Waals surface area contributed by atoms with E-state index < -0.39 is 0 Å². The standard InChI is InChI=1S/C45H32N4/c1-3-4-19-35-30(2)46-45(47-44(35)31-15-7-5-8-16-31)49-41-23-14-12-21-37(41)39-29-33(25-27-43(39)49)32-24-26-42-38(28-32)36-20-11-13-22-40(36)48(42)34-17-9-6-10-18-34/h1,4-12,14-21,23-29H,13,22H2,2H3/b19-4-. The first kappa shape index (κ1) is 28.8. The Bertz CT molecular complexity index is 2660. The predicted octanol–water partition coefficient (Wildman–Crippen LogP) is 10.8. The zero-order valence-corrected chi connectivity index (χ0v) is 27.1. The maximum atomic E-state index is 5.60. The van der Waals surface area contributed by atoms with E-state index in [-0.39, 0.29) is 0 Å². The fourth-order valence-electron chi connectivity index (χ4n) is 7.46. The molecule has 0 saturated carbocycles. The number of terminal acetylenes is 1. The normalized spacial score (nSPS) is 12.7. The van der Waals surface area contributed by atoms with Crippen LogP contribution in [0.4, 0.5) is 0 Å². The van der Waals surface area contributed by atoms with Crippen molar-refractivity contribution < 1.29 is 0 Å². The first-order valence-electron chi connectivity index (χ1n) is 16.7. The summed E-state index contributed by atoms with van der Waals surface area (Å²) in [5.74, 6) is 3.25. The van der Waals surface area contributed by atoms with Crippen molar-refractivity contribution in [3.63, 3.8) is 0 Å². The Balaban J connectivity index is 1.23. The minimum absolute atomic E-state index is 0.634. The SMILES string of the molecule is C#C/C=C\c1c(C)nc(-n2c3ccccc3c3cc(-c4ccc5c(c4)c4c(n5-c5ccccc5)CCC=C4)ccc32)nc1-c1ccccc1. The van der Waals surface area contributed by atoms with Crippen LogP contribution >= 0.6 is 0 Å². The molecular weight excluding hydrogens is 597 g/mol. The van der Waals surface area contributed by atoms with E-state index in [2.05, 4.69) is 130 Å². The summed E-state index contributed by atoms with van der Waals surface area (Å²) in [6, 6.07) is 43.1. The van der Waals surface area contributed by atoms with Crippen molar-refractivity contribution in [3.8, 4) is 46.4 Å². The van der Waals surface area contributed by atoms with Gasteiger partial charge in [-0.25, -0.2) is 9.97 Å². The largest absolute Gasteiger partial charge is 0.313 e. The van der Waals surface area contributed by atoms with E-state index in [1.165, 1.54) is 39.0 Å². The van der Waals surface area contributed by atoms with E-state index in [1.54, 1.807) is 6.08 Å². The maximum absolute atomic E-state index is 5.60. The number of allylic oxidation sites excluding steroid dienone is 2. The summed E-state index contributed by atoms with van der Waals surface area (Å²) in [5.41, 5.74) is 13.3. The van der Waals surface area contributed by atoms with Crippen molar-refractivity contribution in [1.29, 1.82) is 0 Å². The molecule has 0 fully saturated rings. The van der Waals surface area contributed by atoms with Crippen LogP contribution in [0.3, 0.4) is 0 Å². The van der Waals surface area contributed by atoms with Crippen LogP contribution in [0.2, 0.25) is 0 Å². The number of aromatic nitrogens is 4. The Morgan fingerprint density at radius 3 is 2.12 bits per heavy atom. The molecule has 0 N–H and O–H groups in total. The highest BCUT2D eigenvalue weighted by Gasteiger charge is 2.21. The summed E-state index contributed by atoms with van der Waals surface area (Å²) < 4.78 is 4.63. The van der Waals surface area contributed by atoms with Gasteiger partial charge in [0, 0.05) is 44.2 Å². The molecule has 49 heavy (non-hydrogen) atoms. The van der Waals surface area contributed by atoms with E-state index in [0.717, 1.165) is 57.2 Å². The summed E-state index contributed by atoms with van der Waals surface area (Å²) in [6.07, 6.45) is 15.9. The van der Waals surface area contributed by atoms with Gasteiger partial charge in [-0.3, -0.25) is 4.57 Å². The number of fused-ring (bicyclic) bond motifs is 6. The average Bonchev–Trinajstić information content (AvgIpc) is 3.67. The molecular formula is C45H32N4. The number of aryl methyl sites for hydroxylation is 1. The molecule has 0 amide bonds. The quantitative estimate of drug-likeness (QED) is 0.178. The van der Waals surface area contributed by atoms with Gasteiger partial charge in [-0.15, -0.1) is 6.42 Å². The van der Waals surface area contributed by atoms with Gasteiger partial charge in [0.1, 0.15) is 0 Å². The second-order valence-electron chi connectivity index (χ2n) is 12.5. The van der Waals surface area contributed by atoms with Crippen LogP contribution in [0.15, 0.2) is 133 Å². The molecule has 4 heteroatoms. The van der Waals surface area contributed by atoms with Gasteiger partial charge in [-0.1, -0.05) is 96.9 Å². The minimum Gasteiger partial charge on any atom is -0.313 e. The molecule has 0 spiro atoms. The molecule has 0 atom stereocenters. The van der Waals surface area contributed by atoms with Crippen LogP contribution in [0.5, 0.6) is 0 Å². The zero-order valence-electron chi connectivity index (χ0n) is 27.1. The summed E-state index contributed by atoms with van der Waals surface area (Å²) in [7, 11) is 0. The first-order valence-corrected chi connectivity index (χ1v) is 16.7.